The fourth-order valence-corrected chi connectivity index (χ4v) is 3.37. The van der Waals surface area contributed by atoms with Crippen molar-refractivity contribution in [1.29, 1.82) is 0 Å². The standard InChI is InChI=1S/C16H17NO5S/c1-3-22-14-9-8-11(2)10-15(14)23(20,21)17-13-7-5-4-6-12(13)16(18)19/h4-10,17H,3H2,1-2H3,(H,18,19). The van der Waals surface area contributed by atoms with Gasteiger partial charge in [0.2, 0.25) is 0 Å². The van der Waals surface area contributed by atoms with Gasteiger partial charge in [-0.2, -0.15) is 0 Å². The van der Waals surface area contributed by atoms with E-state index >= 15 is 0 Å². The van der Waals surface area contributed by atoms with Gasteiger partial charge in [0, 0.05) is 0 Å². The van der Waals surface area contributed by atoms with Crippen LogP contribution in [0.25, 0.3) is 0 Å². The summed E-state index contributed by atoms with van der Waals surface area (Å²) in [6.45, 7) is 3.83. The summed E-state index contributed by atoms with van der Waals surface area (Å²) in [6.07, 6.45) is 0. The van der Waals surface area contributed by atoms with Crippen LogP contribution in [0.4, 0.5) is 5.69 Å². The summed E-state index contributed by atoms with van der Waals surface area (Å²) in [4.78, 5) is 11.2. The number of aryl methyl sites for hydroxylation is 1. The van der Waals surface area contributed by atoms with E-state index in [-0.39, 0.29) is 21.9 Å². The van der Waals surface area contributed by atoms with E-state index in [1.165, 1.54) is 24.3 Å². The fourth-order valence-electron chi connectivity index (χ4n) is 2.06. The number of benzene rings is 2. The number of nitrogens with one attached hydrogen (secondary N) is 1. The van der Waals surface area contributed by atoms with Crippen molar-refractivity contribution in [3.8, 4) is 5.75 Å². The largest absolute Gasteiger partial charge is 0.492 e. The summed E-state index contributed by atoms with van der Waals surface area (Å²) in [5.74, 6) is -0.990. The average molecular weight is 335 g/mol. The monoisotopic (exact) mass is 335 g/mol. The summed E-state index contributed by atoms with van der Waals surface area (Å²) in [5.41, 5.74) is 0.631. The summed E-state index contributed by atoms with van der Waals surface area (Å²) in [5, 5.41) is 9.16. The van der Waals surface area contributed by atoms with Crippen molar-refractivity contribution < 1.29 is 23.1 Å². The molecule has 0 aliphatic carbocycles. The Bertz CT molecular complexity index is 830. The van der Waals surface area contributed by atoms with Crippen LogP contribution in [0.2, 0.25) is 0 Å². The van der Waals surface area contributed by atoms with E-state index in [1.54, 1.807) is 32.0 Å². The molecule has 2 N–H and O–H groups in total. The number of rotatable bonds is 6. The smallest absolute Gasteiger partial charge is 0.337 e. The molecule has 0 fully saturated rings. The zero-order valence-corrected chi connectivity index (χ0v) is 13.6. The topological polar surface area (TPSA) is 92.7 Å². The molecule has 122 valence electrons. The van der Waals surface area contributed by atoms with Gasteiger partial charge in [0.15, 0.2) is 0 Å². The van der Waals surface area contributed by atoms with Crippen molar-refractivity contribution >= 4 is 21.7 Å². The molecule has 0 amide bonds. The lowest BCUT2D eigenvalue weighted by atomic mass is 10.2. The number of carboxylic acid groups (broad SMARTS) is 1. The molecule has 2 aromatic rings. The maximum Gasteiger partial charge on any atom is 0.337 e. The molecule has 0 unspecified atom stereocenters. The van der Waals surface area contributed by atoms with E-state index in [0.717, 1.165) is 5.56 Å². The molecule has 0 heterocycles. The first-order valence-electron chi connectivity index (χ1n) is 6.93. The number of ether oxygens (including phenoxy) is 1. The third kappa shape index (κ3) is 3.81. The highest BCUT2D eigenvalue weighted by Gasteiger charge is 2.22. The highest BCUT2D eigenvalue weighted by Crippen LogP contribution is 2.28. The molecule has 2 aromatic carbocycles. The second-order valence-corrected chi connectivity index (χ2v) is 6.49. The van der Waals surface area contributed by atoms with Crippen LogP contribution in [0, 0.1) is 6.92 Å². The number of carbonyl (C=O) groups is 1. The van der Waals surface area contributed by atoms with Gasteiger partial charge in [-0.05, 0) is 43.7 Å². The van der Waals surface area contributed by atoms with E-state index < -0.39 is 16.0 Å². The highest BCUT2D eigenvalue weighted by atomic mass is 32.2. The van der Waals surface area contributed by atoms with Crippen LogP contribution < -0.4 is 9.46 Å². The van der Waals surface area contributed by atoms with Crippen molar-refractivity contribution in [2.24, 2.45) is 0 Å². The maximum absolute atomic E-state index is 12.6. The molecule has 0 atom stereocenters. The minimum absolute atomic E-state index is 0.00366. The quantitative estimate of drug-likeness (QED) is 0.847. The van der Waals surface area contributed by atoms with Crippen LogP contribution in [0.1, 0.15) is 22.8 Å². The summed E-state index contributed by atoms with van der Waals surface area (Å²) >= 11 is 0. The Morgan fingerprint density at radius 2 is 1.91 bits per heavy atom. The lowest BCUT2D eigenvalue weighted by Gasteiger charge is -2.14. The van der Waals surface area contributed by atoms with Crippen molar-refractivity contribution in [2.75, 3.05) is 11.3 Å². The maximum atomic E-state index is 12.6. The first-order chi connectivity index (χ1) is 10.8. The van der Waals surface area contributed by atoms with Crippen LogP contribution in [-0.2, 0) is 10.0 Å². The van der Waals surface area contributed by atoms with Gasteiger partial charge in [-0.15, -0.1) is 0 Å². The lowest BCUT2D eigenvalue weighted by molar-refractivity contribution is 0.0698. The predicted octanol–water partition coefficient (Wildman–Crippen LogP) is 2.89. The molecule has 7 heteroatoms. The molecule has 6 nitrogen and oxygen atoms in total. The number of carboxylic acids is 1. The van der Waals surface area contributed by atoms with E-state index in [1.807, 2.05) is 0 Å². The number of aromatic carboxylic acids is 1. The van der Waals surface area contributed by atoms with Crippen LogP contribution in [0.15, 0.2) is 47.4 Å². The van der Waals surface area contributed by atoms with E-state index in [0.29, 0.717) is 6.61 Å². The first kappa shape index (κ1) is 16.8. The van der Waals surface area contributed by atoms with E-state index in [9.17, 15) is 13.2 Å². The van der Waals surface area contributed by atoms with Crippen molar-refractivity contribution in [2.45, 2.75) is 18.7 Å². The van der Waals surface area contributed by atoms with Gasteiger partial charge in [-0.3, -0.25) is 4.72 Å². The summed E-state index contributed by atoms with van der Waals surface area (Å²) in [7, 11) is -3.98. The van der Waals surface area contributed by atoms with E-state index in [2.05, 4.69) is 4.72 Å². The average Bonchev–Trinajstić information content (AvgIpc) is 2.49. The minimum Gasteiger partial charge on any atom is -0.492 e. The Balaban J connectivity index is 2.48. The molecule has 0 bridgehead atoms. The Hall–Kier alpha value is -2.54. The molecule has 0 saturated heterocycles. The van der Waals surface area contributed by atoms with Gasteiger partial charge in [0.05, 0.1) is 17.9 Å². The second kappa shape index (κ2) is 6.70. The van der Waals surface area contributed by atoms with Gasteiger partial charge in [0.25, 0.3) is 10.0 Å². The third-order valence-electron chi connectivity index (χ3n) is 3.09. The van der Waals surface area contributed by atoms with Crippen LogP contribution in [0.3, 0.4) is 0 Å². The molecular weight excluding hydrogens is 318 g/mol. The van der Waals surface area contributed by atoms with Crippen LogP contribution >= 0.6 is 0 Å². The molecule has 0 aliphatic heterocycles. The number of hydrogen-bond donors (Lipinski definition) is 2. The highest BCUT2D eigenvalue weighted by molar-refractivity contribution is 7.92. The summed E-state index contributed by atoms with van der Waals surface area (Å²) < 4.78 is 33.0. The van der Waals surface area contributed by atoms with Crippen molar-refractivity contribution in [3.63, 3.8) is 0 Å². The third-order valence-corrected chi connectivity index (χ3v) is 4.48. The van der Waals surface area contributed by atoms with E-state index in [4.69, 9.17) is 9.84 Å². The van der Waals surface area contributed by atoms with Gasteiger partial charge in [0.1, 0.15) is 10.6 Å². The minimum atomic E-state index is -3.98. The van der Waals surface area contributed by atoms with Crippen LogP contribution in [-0.4, -0.2) is 26.1 Å². The molecule has 0 radical (unpaired) electrons. The second-order valence-electron chi connectivity index (χ2n) is 4.84. The van der Waals surface area contributed by atoms with Gasteiger partial charge >= 0.3 is 5.97 Å². The SMILES string of the molecule is CCOc1ccc(C)cc1S(=O)(=O)Nc1ccccc1C(=O)O. The normalized spacial score (nSPS) is 11.0. The molecule has 0 aromatic heterocycles. The zero-order valence-electron chi connectivity index (χ0n) is 12.7. The first-order valence-corrected chi connectivity index (χ1v) is 8.42. The number of sulfonamides is 1. The number of anilines is 1. The number of hydrogen-bond acceptors (Lipinski definition) is 4. The predicted molar refractivity (Wildman–Crippen MR) is 86.6 cm³/mol. The van der Waals surface area contributed by atoms with Crippen molar-refractivity contribution in [1.82, 2.24) is 0 Å². The Morgan fingerprint density at radius 1 is 1.22 bits per heavy atom. The van der Waals surface area contributed by atoms with Crippen molar-refractivity contribution in [3.05, 3.63) is 53.6 Å². The molecular formula is C16H17NO5S. The Kier molecular flexibility index (Phi) is 4.90. The molecule has 0 saturated carbocycles. The Labute approximate surface area is 134 Å². The molecule has 23 heavy (non-hydrogen) atoms. The molecule has 0 aliphatic rings. The fraction of sp³-hybridized carbons (Fsp3) is 0.188. The zero-order chi connectivity index (χ0) is 17.0. The van der Waals surface area contributed by atoms with Gasteiger partial charge in [-0.25, -0.2) is 13.2 Å². The summed E-state index contributed by atoms with van der Waals surface area (Å²) in [6, 6.07) is 10.6. The molecule has 2 rings (SSSR count). The lowest BCUT2D eigenvalue weighted by Crippen LogP contribution is -2.17. The van der Waals surface area contributed by atoms with Crippen LogP contribution in [0.5, 0.6) is 5.75 Å². The van der Waals surface area contributed by atoms with Gasteiger partial charge in [-0.1, -0.05) is 18.2 Å². The Morgan fingerprint density at radius 3 is 2.57 bits per heavy atom. The number of para-hydroxylation sites is 1. The molecule has 0 spiro atoms. The van der Waals surface area contributed by atoms with Gasteiger partial charge < -0.3 is 9.84 Å².